The summed E-state index contributed by atoms with van der Waals surface area (Å²) in [6.45, 7) is 2.46. The molecule has 1 N–H and O–H groups in total. The highest BCUT2D eigenvalue weighted by molar-refractivity contribution is 5.32. The SMILES string of the molecule is CNCC1CCN(C2CC2)C1c1cccc(C2CC2)c1. The second-order valence-corrected chi connectivity index (χ2v) is 6.96. The maximum absolute atomic E-state index is 3.41. The summed E-state index contributed by atoms with van der Waals surface area (Å²) in [5, 5.41) is 3.41. The van der Waals surface area contributed by atoms with Crippen LogP contribution in [0.15, 0.2) is 24.3 Å². The lowest BCUT2D eigenvalue weighted by molar-refractivity contribution is 0.217. The number of hydrogen-bond donors (Lipinski definition) is 1. The highest BCUT2D eigenvalue weighted by atomic mass is 15.2. The zero-order valence-corrected chi connectivity index (χ0v) is 12.5. The molecule has 0 bridgehead atoms. The van der Waals surface area contributed by atoms with Gasteiger partial charge in [0.25, 0.3) is 0 Å². The molecule has 0 aromatic heterocycles. The van der Waals surface area contributed by atoms with E-state index in [9.17, 15) is 0 Å². The number of likely N-dealkylation sites (tertiary alicyclic amines) is 1. The Hall–Kier alpha value is -0.860. The molecule has 2 aliphatic carbocycles. The van der Waals surface area contributed by atoms with Crippen LogP contribution in [0.25, 0.3) is 0 Å². The molecular weight excluding hydrogens is 244 g/mol. The molecule has 0 spiro atoms. The van der Waals surface area contributed by atoms with Crippen molar-refractivity contribution >= 4 is 0 Å². The van der Waals surface area contributed by atoms with Crippen molar-refractivity contribution in [3.05, 3.63) is 35.4 Å². The Kier molecular flexibility index (Phi) is 3.31. The lowest BCUT2D eigenvalue weighted by Gasteiger charge is -2.29. The summed E-state index contributed by atoms with van der Waals surface area (Å²) in [7, 11) is 2.09. The molecule has 1 aromatic carbocycles. The summed E-state index contributed by atoms with van der Waals surface area (Å²) in [5.41, 5.74) is 3.17. The third-order valence-electron chi connectivity index (χ3n) is 5.35. The van der Waals surface area contributed by atoms with Crippen LogP contribution in [0.5, 0.6) is 0 Å². The standard InChI is InChI=1S/C18H26N2/c1-19-12-16-9-10-20(17-7-8-17)18(16)15-4-2-3-14(11-15)13-5-6-13/h2-4,11,13,16-19H,5-10,12H2,1H3. The number of hydrogen-bond acceptors (Lipinski definition) is 2. The summed E-state index contributed by atoms with van der Waals surface area (Å²) in [4.78, 5) is 2.80. The van der Waals surface area contributed by atoms with Crippen LogP contribution < -0.4 is 5.32 Å². The zero-order valence-electron chi connectivity index (χ0n) is 12.5. The van der Waals surface area contributed by atoms with Gasteiger partial charge in [-0.05, 0) is 75.2 Å². The fourth-order valence-electron chi connectivity index (χ4n) is 4.05. The normalized spacial score (nSPS) is 30.9. The Bertz CT molecular complexity index is 476. The van der Waals surface area contributed by atoms with Gasteiger partial charge < -0.3 is 5.32 Å². The van der Waals surface area contributed by atoms with Crippen LogP contribution in [0.4, 0.5) is 0 Å². The number of rotatable bonds is 5. The van der Waals surface area contributed by atoms with Gasteiger partial charge in [0.2, 0.25) is 0 Å². The van der Waals surface area contributed by atoms with Gasteiger partial charge in [0.1, 0.15) is 0 Å². The van der Waals surface area contributed by atoms with E-state index in [1.807, 2.05) is 0 Å². The number of nitrogens with one attached hydrogen (secondary N) is 1. The van der Waals surface area contributed by atoms with Crippen molar-refractivity contribution in [3.8, 4) is 0 Å². The fraction of sp³-hybridized carbons (Fsp3) is 0.667. The van der Waals surface area contributed by atoms with E-state index in [-0.39, 0.29) is 0 Å². The maximum atomic E-state index is 3.41. The first-order valence-electron chi connectivity index (χ1n) is 8.37. The zero-order chi connectivity index (χ0) is 13.5. The van der Waals surface area contributed by atoms with Crippen LogP contribution in [-0.2, 0) is 0 Å². The first kappa shape index (κ1) is 12.8. The second-order valence-electron chi connectivity index (χ2n) is 6.96. The van der Waals surface area contributed by atoms with E-state index in [4.69, 9.17) is 0 Å². The van der Waals surface area contributed by atoms with Crippen molar-refractivity contribution < 1.29 is 0 Å². The van der Waals surface area contributed by atoms with Crippen LogP contribution in [0, 0.1) is 5.92 Å². The Morgan fingerprint density at radius 2 is 1.90 bits per heavy atom. The summed E-state index contributed by atoms with van der Waals surface area (Å²) in [5.74, 6) is 1.66. The molecule has 0 amide bonds. The molecule has 3 aliphatic rings. The van der Waals surface area contributed by atoms with Gasteiger partial charge in [-0.2, -0.15) is 0 Å². The van der Waals surface area contributed by atoms with Crippen molar-refractivity contribution in [2.75, 3.05) is 20.1 Å². The Morgan fingerprint density at radius 1 is 1.10 bits per heavy atom. The molecule has 2 atom stereocenters. The molecule has 2 nitrogen and oxygen atoms in total. The maximum Gasteiger partial charge on any atom is 0.0391 e. The van der Waals surface area contributed by atoms with Crippen molar-refractivity contribution in [1.29, 1.82) is 0 Å². The largest absolute Gasteiger partial charge is 0.319 e. The summed E-state index contributed by atoms with van der Waals surface area (Å²) in [6, 6.07) is 11.1. The highest BCUT2D eigenvalue weighted by Crippen LogP contribution is 2.46. The molecule has 4 rings (SSSR count). The van der Waals surface area contributed by atoms with Gasteiger partial charge in [0.05, 0.1) is 0 Å². The molecule has 1 saturated heterocycles. The number of nitrogens with zero attached hydrogens (tertiary/aromatic N) is 1. The molecule has 2 saturated carbocycles. The van der Waals surface area contributed by atoms with Crippen LogP contribution in [0.1, 0.15) is 55.2 Å². The molecule has 108 valence electrons. The van der Waals surface area contributed by atoms with E-state index >= 15 is 0 Å². The minimum atomic E-state index is 0.661. The molecule has 1 heterocycles. The lowest BCUT2D eigenvalue weighted by Crippen LogP contribution is -2.30. The molecule has 2 unspecified atom stereocenters. The quantitative estimate of drug-likeness (QED) is 0.883. The Labute approximate surface area is 122 Å². The average Bonchev–Trinajstić information content (AvgIpc) is 3.37. The predicted molar refractivity (Wildman–Crippen MR) is 82.9 cm³/mol. The van der Waals surface area contributed by atoms with Gasteiger partial charge in [-0.25, -0.2) is 0 Å². The highest BCUT2D eigenvalue weighted by Gasteiger charge is 2.42. The number of benzene rings is 1. The average molecular weight is 270 g/mol. The summed E-state index contributed by atoms with van der Waals surface area (Å²) < 4.78 is 0. The van der Waals surface area contributed by atoms with E-state index in [0.29, 0.717) is 6.04 Å². The van der Waals surface area contributed by atoms with Crippen LogP contribution in [0.2, 0.25) is 0 Å². The van der Waals surface area contributed by atoms with Crippen LogP contribution in [-0.4, -0.2) is 31.1 Å². The van der Waals surface area contributed by atoms with Gasteiger partial charge in [-0.3, -0.25) is 4.90 Å². The third-order valence-corrected chi connectivity index (χ3v) is 5.35. The lowest BCUT2D eigenvalue weighted by atomic mass is 9.92. The predicted octanol–water partition coefficient (Wildman–Crippen LogP) is 3.31. The topological polar surface area (TPSA) is 15.3 Å². The molecule has 0 radical (unpaired) electrons. The van der Waals surface area contributed by atoms with Crippen LogP contribution >= 0.6 is 0 Å². The van der Waals surface area contributed by atoms with Crippen molar-refractivity contribution in [2.45, 2.75) is 50.1 Å². The first-order valence-corrected chi connectivity index (χ1v) is 8.37. The Morgan fingerprint density at radius 3 is 2.60 bits per heavy atom. The first-order chi connectivity index (χ1) is 9.86. The van der Waals surface area contributed by atoms with E-state index in [1.165, 1.54) is 38.6 Å². The van der Waals surface area contributed by atoms with Gasteiger partial charge in [0.15, 0.2) is 0 Å². The summed E-state index contributed by atoms with van der Waals surface area (Å²) in [6.07, 6.45) is 7.01. The molecule has 20 heavy (non-hydrogen) atoms. The molecule has 1 aromatic rings. The third kappa shape index (κ3) is 2.40. The van der Waals surface area contributed by atoms with Gasteiger partial charge in [-0.1, -0.05) is 24.3 Å². The smallest absolute Gasteiger partial charge is 0.0391 e. The van der Waals surface area contributed by atoms with E-state index in [0.717, 1.165) is 24.4 Å². The van der Waals surface area contributed by atoms with Gasteiger partial charge in [0, 0.05) is 12.1 Å². The van der Waals surface area contributed by atoms with Crippen molar-refractivity contribution in [1.82, 2.24) is 10.2 Å². The molecule has 3 fully saturated rings. The monoisotopic (exact) mass is 270 g/mol. The van der Waals surface area contributed by atoms with Crippen LogP contribution in [0.3, 0.4) is 0 Å². The molecule has 2 heteroatoms. The molecule has 1 aliphatic heterocycles. The van der Waals surface area contributed by atoms with Gasteiger partial charge >= 0.3 is 0 Å². The minimum absolute atomic E-state index is 0.661. The van der Waals surface area contributed by atoms with Crippen molar-refractivity contribution in [3.63, 3.8) is 0 Å². The van der Waals surface area contributed by atoms with E-state index in [2.05, 4.69) is 41.5 Å². The van der Waals surface area contributed by atoms with Crippen molar-refractivity contribution in [2.24, 2.45) is 5.92 Å². The molecular formula is C18H26N2. The summed E-state index contributed by atoms with van der Waals surface area (Å²) >= 11 is 0. The minimum Gasteiger partial charge on any atom is -0.319 e. The Balaban J connectivity index is 1.62. The van der Waals surface area contributed by atoms with E-state index in [1.54, 1.807) is 11.1 Å². The van der Waals surface area contributed by atoms with Gasteiger partial charge in [-0.15, -0.1) is 0 Å². The second kappa shape index (κ2) is 5.16. The van der Waals surface area contributed by atoms with E-state index < -0.39 is 0 Å². The fourth-order valence-corrected chi connectivity index (χ4v) is 4.05.